The van der Waals surface area contributed by atoms with Crippen LogP contribution in [0.5, 0.6) is 5.75 Å². The lowest BCUT2D eigenvalue weighted by Gasteiger charge is -2.36. The number of benzene rings is 1. The summed E-state index contributed by atoms with van der Waals surface area (Å²) in [7, 11) is 0. The fraction of sp³-hybridized carbons (Fsp3) is 0.611. The van der Waals surface area contributed by atoms with Gasteiger partial charge in [-0.3, -0.25) is 9.69 Å². The van der Waals surface area contributed by atoms with Crippen LogP contribution in [0.1, 0.15) is 37.6 Å². The molecule has 2 rings (SSSR count). The first-order chi connectivity index (χ1) is 11.0. The number of β-amino-alcohol motifs (C(OH)–C–C–N with tert-alkyl or cyclic N) is 1. The molecule has 0 amide bonds. The summed E-state index contributed by atoms with van der Waals surface area (Å²) in [6.07, 6.45) is 0.324. The highest BCUT2D eigenvalue weighted by molar-refractivity contribution is 5.95. The third kappa shape index (κ3) is 5.61. The van der Waals surface area contributed by atoms with Gasteiger partial charge in [0.1, 0.15) is 18.5 Å². The van der Waals surface area contributed by atoms with E-state index in [1.54, 1.807) is 24.3 Å². The summed E-state index contributed by atoms with van der Waals surface area (Å²) < 4.78 is 11.3. The molecule has 1 N–H and O–H groups in total. The van der Waals surface area contributed by atoms with E-state index >= 15 is 0 Å². The van der Waals surface area contributed by atoms with Gasteiger partial charge in [0.05, 0.1) is 12.2 Å². The molecule has 0 radical (unpaired) electrons. The Labute approximate surface area is 138 Å². The average Bonchev–Trinajstić information content (AvgIpc) is 2.51. The Bertz CT molecular complexity index is 492. The molecule has 0 spiro atoms. The first-order valence-corrected chi connectivity index (χ1v) is 8.29. The van der Waals surface area contributed by atoms with Crippen LogP contribution < -0.4 is 4.74 Å². The van der Waals surface area contributed by atoms with Crippen LogP contribution in [0.15, 0.2) is 24.3 Å². The van der Waals surface area contributed by atoms with Gasteiger partial charge in [-0.1, -0.05) is 6.92 Å². The first-order valence-electron chi connectivity index (χ1n) is 8.29. The second-order valence-electron chi connectivity index (χ2n) is 6.24. The van der Waals surface area contributed by atoms with Crippen LogP contribution in [-0.2, 0) is 4.74 Å². The summed E-state index contributed by atoms with van der Waals surface area (Å²) in [5, 5.41) is 10.2. The Hall–Kier alpha value is -1.43. The number of nitrogens with zero attached hydrogens (tertiary/aromatic N) is 1. The SMILES string of the molecule is CCC(=O)c1ccc(OC[C@H](O)CN2C[C@@H](C)O[C@H](C)C2)cc1. The fourth-order valence-electron chi connectivity index (χ4n) is 2.92. The van der Waals surface area contributed by atoms with Crippen LogP contribution in [0.4, 0.5) is 0 Å². The van der Waals surface area contributed by atoms with Gasteiger partial charge in [-0.2, -0.15) is 0 Å². The van der Waals surface area contributed by atoms with Gasteiger partial charge in [0.25, 0.3) is 0 Å². The number of ether oxygens (including phenoxy) is 2. The number of carbonyl (C=O) groups excluding carboxylic acids is 1. The van der Waals surface area contributed by atoms with Gasteiger partial charge in [-0.05, 0) is 38.1 Å². The lowest BCUT2D eigenvalue weighted by Crippen LogP contribution is -2.48. The van der Waals surface area contributed by atoms with E-state index in [9.17, 15) is 9.90 Å². The number of aliphatic hydroxyl groups excluding tert-OH is 1. The molecule has 3 atom stereocenters. The molecule has 0 saturated carbocycles. The number of aliphatic hydroxyl groups is 1. The van der Waals surface area contributed by atoms with Crippen molar-refractivity contribution >= 4 is 5.78 Å². The molecule has 1 aromatic carbocycles. The Morgan fingerprint density at radius 1 is 1.30 bits per heavy atom. The van der Waals surface area contributed by atoms with Crippen molar-refractivity contribution in [2.24, 2.45) is 0 Å². The van der Waals surface area contributed by atoms with E-state index in [1.807, 2.05) is 20.8 Å². The molecular weight excluding hydrogens is 294 g/mol. The van der Waals surface area contributed by atoms with E-state index in [4.69, 9.17) is 9.47 Å². The number of hydrogen-bond donors (Lipinski definition) is 1. The maximum absolute atomic E-state index is 11.6. The average molecular weight is 321 g/mol. The predicted octanol–water partition coefficient (Wildman–Crippen LogP) is 2.13. The highest BCUT2D eigenvalue weighted by atomic mass is 16.5. The van der Waals surface area contributed by atoms with E-state index in [1.165, 1.54) is 0 Å². The van der Waals surface area contributed by atoms with Crippen LogP contribution in [0.25, 0.3) is 0 Å². The van der Waals surface area contributed by atoms with Crippen molar-refractivity contribution < 1.29 is 19.4 Å². The largest absolute Gasteiger partial charge is 0.491 e. The summed E-state index contributed by atoms with van der Waals surface area (Å²) in [4.78, 5) is 13.8. The minimum atomic E-state index is -0.551. The van der Waals surface area contributed by atoms with Gasteiger partial charge in [0.2, 0.25) is 0 Å². The Kier molecular flexibility index (Phi) is 6.57. The van der Waals surface area contributed by atoms with E-state index < -0.39 is 6.10 Å². The lowest BCUT2D eigenvalue weighted by atomic mass is 10.1. The normalized spacial score (nSPS) is 23.5. The maximum atomic E-state index is 11.6. The summed E-state index contributed by atoms with van der Waals surface area (Å²) in [5.41, 5.74) is 0.691. The van der Waals surface area contributed by atoms with Crippen LogP contribution >= 0.6 is 0 Å². The second-order valence-corrected chi connectivity index (χ2v) is 6.24. The number of Topliss-reactive ketones (excluding diaryl/α,β-unsaturated/α-hetero) is 1. The first kappa shape index (κ1) is 17.9. The fourth-order valence-corrected chi connectivity index (χ4v) is 2.92. The molecule has 0 aliphatic carbocycles. The molecule has 5 nitrogen and oxygen atoms in total. The third-order valence-corrected chi connectivity index (χ3v) is 3.90. The zero-order chi connectivity index (χ0) is 16.8. The van der Waals surface area contributed by atoms with Gasteiger partial charge in [-0.15, -0.1) is 0 Å². The topological polar surface area (TPSA) is 59.0 Å². The van der Waals surface area contributed by atoms with E-state index in [2.05, 4.69) is 4.90 Å². The Morgan fingerprint density at radius 3 is 2.48 bits per heavy atom. The number of hydrogen-bond acceptors (Lipinski definition) is 5. The maximum Gasteiger partial charge on any atom is 0.162 e. The van der Waals surface area contributed by atoms with Crippen molar-refractivity contribution in [3.63, 3.8) is 0 Å². The van der Waals surface area contributed by atoms with Crippen molar-refractivity contribution in [1.29, 1.82) is 0 Å². The summed E-state index contributed by atoms with van der Waals surface area (Å²) in [5.74, 6) is 0.785. The van der Waals surface area contributed by atoms with Gasteiger partial charge < -0.3 is 14.6 Å². The molecule has 1 aliphatic heterocycles. The number of ketones is 1. The molecule has 0 unspecified atom stereocenters. The van der Waals surface area contributed by atoms with Crippen molar-refractivity contribution in [2.75, 3.05) is 26.2 Å². The van der Waals surface area contributed by atoms with Gasteiger partial charge in [0.15, 0.2) is 5.78 Å². The minimum absolute atomic E-state index is 0.118. The zero-order valence-corrected chi connectivity index (χ0v) is 14.2. The molecule has 23 heavy (non-hydrogen) atoms. The molecule has 1 heterocycles. The lowest BCUT2D eigenvalue weighted by molar-refractivity contribution is -0.0786. The van der Waals surface area contributed by atoms with Gasteiger partial charge in [-0.25, -0.2) is 0 Å². The minimum Gasteiger partial charge on any atom is -0.491 e. The molecule has 1 aliphatic rings. The smallest absolute Gasteiger partial charge is 0.162 e. The predicted molar refractivity (Wildman–Crippen MR) is 89.0 cm³/mol. The Morgan fingerprint density at radius 2 is 1.91 bits per heavy atom. The van der Waals surface area contributed by atoms with Crippen molar-refractivity contribution in [2.45, 2.75) is 45.5 Å². The van der Waals surface area contributed by atoms with Crippen LogP contribution in [0, 0.1) is 0 Å². The standard InChI is InChI=1S/C18H27NO4/c1-4-18(21)15-5-7-17(8-6-15)22-12-16(20)11-19-9-13(2)23-14(3)10-19/h5-8,13-14,16,20H,4,9-12H2,1-3H3/t13-,14-,16-/m1/s1. The molecule has 1 saturated heterocycles. The molecule has 0 aromatic heterocycles. The van der Waals surface area contributed by atoms with E-state index in [-0.39, 0.29) is 24.6 Å². The molecule has 1 aromatic rings. The van der Waals surface area contributed by atoms with Crippen LogP contribution in [0.2, 0.25) is 0 Å². The molecule has 128 valence electrons. The Balaban J connectivity index is 1.77. The van der Waals surface area contributed by atoms with Crippen LogP contribution in [0.3, 0.4) is 0 Å². The summed E-state index contributed by atoms with van der Waals surface area (Å²) >= 11 is 0. The zero-order valence-electron chi connectivity index (χ0n) is 14.2. The van der Waals surface area contributed by atoms with Crippen molar-refractivity contribution in [3.05, 3.63) is 29.8 Å². The van der Waals surface area contributed by atoms with Gasteiger partial charge >= 0.3 is 0 Å². The van der Waals surface area contributed by atoms with Crippen molar-refractivity contribution in [3.8, 4) is 5.75 Å². The van der Waals surface area contributed by atoms with Gasteiger partial charge in [0, 0.05) is 31.6 Å². The summed E-state index contributed by atoms with van der Waals surface area (Å²) in [6, 6.07) is 7.07. The number of rotatable bonds is 7. The molecule has 5 heteroatoms. The third-order valence-electron chi connectivity index (χ3n) is 3.90. The number of carbonyl (C=O) groups is 1. The van der Waals surface area contributed by atoms with E-state index in [0.717, 1.165) is 13.1 Å². The van der Waals surface area contributed by atoms with Crippen LogP contribution in [-0.4, -0.2) is 60.3 Å². The molecular formula is C18H27NO4. The number of morpholine rings is 1. The summed E-state index contributed by atoms with van der Waals surface area (Å²) in [6.45, 7) is 8.40. The second kappa shape index (κ2) is 8.43. The van der Waals surface area contributed by atoms with E-state index in [0.29, 0.717) is 24.3 Å². The highest BCUT2D eigenvalue weighted by Gasteiger charge is 2.23. The highest BCUT2D eigenvalue weighted by Crippen LogP contribution is 2.15. The molecule has 1 fully saturated rings. The monoisotopic (exact) mass is 321 g/mol. The molecule has 0 bridgehead atoms. The van der Waals surface area contributed by atoms with Crippen molar-refractivity contribution in [1.82, 2.24) is 4.90 Å². The quantitative estimate of drug-likeness (QED) is 0.780.